The van der Waals surface area contributed by atoms with Crippen molar-refractivity contribution in [3.63, 3.8) is 0 Å². The predicted molar refractivity (Wildman–Crippen MR) is 111 cm³/mol. The molecule has 0 aliphatic rings. The molecule has 0 spiro atoms. The Morgan fingerprint density at radius 2 is 2.15 bits per heavy atom. The van der Waals surface area contributed by atoms with Crippen molar-refractivity contribution in [2.45, 2.75) is 19.8 Å². The summed E-state index contributed by atoms with van der Waals surface area (Å²) in [5.74, 6) is 0.0390. The molecule has 4 rings (SSSR count). The molecule has 1 aromatic carbocycles. The fraction of sp³-hybridized carbons (Fsp3) is 0.143. The van der Waals surface area contributed by atoms with Crippen molar-refractivity contribution >= 4 is 40.4 Å². The second kappa shape index (κ2) is 7.25. The summed E-state index contributed by atoms with van der Waals surface area (Å²) in [6, 6.07) is 8.21. The van der Waals surface area contributed by atoms with Crippen molar-refractivity contribution in [3.05, 3.63) is 64.8 Å². The summed E-state index contributed by atoms with van der Waals surface area (Å²) in [7, 11) is 0. The summed E-state index contributed by atoms with van der Waals surface area (Å²) in [6.45, 7) is 7.91. The van der Waals surface area contributed by atoms with Gasteiger partial charge in [0, 0.05) is 29.3 Å². The van der Waals surface area contributed by atoms with E-state index in [0.29, 0.717) is 5.71 Å². The van der Waals surface area contributed by atoms with Gasteiger partial charge in [-0.05, 0) is 36.2 Å². The zero-order valence-electron chi connectivity index (χ0n) is 15.1. The smallest absolute Gasteiger partial charge is 0.257 e. The number of fused-ring (bicyclic) bond motifs is 1. The summed E-state index contributed by atoms with van der Waals surface area (Å²) in [6.07, 6.45) is 5.37. The van der Waals surface area contributed by atoms with Crippen molar-refractivity contribution in [3.8, 4) is 11.3 Å². The minimum absolute atomic E-state index is 0.0390. The predicted octanol–water partition coefficient (Wildman–Crippen LogP) is 5.86. The Morgan fingerprint density at radius 3 is 2.89 bits per heavy atom. The average molecular weight is 374 g/mol. The molecule has 27 heavy (non-hydrogen) atoms. The average Bonchev–Trinajstić information content (AvgIpc) is 3.37. The minimum Gasteiger partial charge on any atom is -0.336 e. The molecular weight excluding hydrogens is 356 g/mol. The molecule has 3 heterocycles. The van der Waals surface area contributed by atoms with E-state index in [1.807, 2.05) is 36.0 Å². The quantitative estimate of drug-likeness (QED) is 0.410. The van der Waals surface area contributed by atoms with E-state index in [-0.39, 0.29) is 5.92 Å². The number of aromatic nitrogens is 3. The van der Waals surface area contributed by atoms with Crippen molar-refractivity contribution in [2.75, 3.05) is 0 Å². The first kappa shape index (κ1) is 17.3. The van der Waals surface area contributed by atoms with E-state index >= 15 is 0 Å². The van der Waals surface area contributed by atoms with Gasteiger partial charge in [-0.1, -0.05) is 30.8 Å². The van der Waals surface area contributed by atoms with Gasteiger partial charge in [0.15, 0.2) is 0 Å². The largest absolute Gasteiger partial charge is 0.336 e. The molecule has 0 bridgehead atoms. The van der Waals surface area contributed by atoms with E-state index in [1.165, 1.54) is 0 Å². The van der Waals surface area contributed by atoms with Gasteiger partial charge in [0.25, 0.3) is 5.71 Å². The topological polar surface area (TPSA) is 64.2 Å². The zero-order valence-corrected chi connectivity index (χ0v) is 15.9. The first-order valence-corrected chi connectivity index (χ1v) is 9.54. The summed E-state index contributed by atoms with van der Waals surface area (Å²) in [5.41, 5.74) is 8.09. The molecule has 4 aromatic rings. The normalized spacial score (nSPS) is 12.7. The Morgan fingerprint density at radius 1 is 1.26 bits per heavy atom. The van der Waals surface area contributed by atoms with Gasteiger partial charge in [-0.15, -0.1) is 11.3 Å². The highest BCUT2D eigenvalue weighted by Gasteiger charge is 2.19. The van der Waals surface area contributed by atoms with E-state index in [9.17, 15) is 0 Å². The van der Waals surface area contributed by atoms with Gasteiger partial charge in [0.2, 0.25) is 0 Å². The molecule has 6 heteroatoms. The van der Waals surface area contributed by atoms with Gasteiger partial charge < -0.3 is 4.52 Å². The van der Waals surface area contributed by atoms with E-state index in [2.05, 4.69) is 45.8 Å². The molecule has 134 valence electrons. The van der Waals surface area contributed by atoms with Crippen LogP contribution >= 0.6 is 11.3 Å². The minimum atomic E-state index is 0.0390. The maximum absolute atomic E-state index is 5.46. The molecule has 0 saturated carbocycles. The standard InChI is InChI=1S/C21H18N4OS/c1-4-14-8-15(6-7-18(14)22-5-2)13(3)20-17-9-16(19-11-27-12-24-19)10-23-21(17)26-25-20/h4-13H,1H2,2-3H3/b22-5-/t13-/m0/s1. The van der Waals surface area contributed by atoms with Crippen molar-refractivity contribution in [1.29, 1.82) is 0 Å². The number of aliphatic imine (C=N–C) groups is 1. The Kier molecular flexibility index (Phi) is 4.64. The summed E-state index contributed by atoms with van der Waals surface area (Å²) < 4.78 is 5.46. The first-order chi connectivity index (χ1) is 13.2. The zero-order chi connectivity index (χ0) is 18.8. The molecule has 5 nitrogen and oxygen atoms in total. The van der Waals surface area contributed by atoms with Crippen LogP contribution in [-0.2, 0) is 0 Å². The van der Waals surface area contributed by atoms with Crippen LogP contribution in [0.25, 0.3) is 28.4 Å². The number of rotatable bonds is 5. The molecule has 0 amide bonds. The second-order valence-electron chi connectivity index (χ2n) is 6.15. The number of hydrogen-bond donors (Lipinski definition) is 0. The van der Waals surface area contributed by atoms with Crippen molar-refractivity contribution < 1.29 is 4.52 Å². The van der Waals surface area contributed by atoms with Gasteiger partial charge in [-0.3, -0.25) is 4.99 Å². The number of nitrogens with zero attached hydrogens (tertiary/aromatic N) is 4. The molecular formula is C21H18N4OS. The third-order valence-corrected chi connectivity index (χ3v) is 5.12. The summed E-state index contributed by atoms with van der Waals surface area (Å²) >= 11 is 1.56. The summed E-state index contributed by atoms with van der Waals surface area (Å²) in [5, 5.41) is 7.21. The lowest BCUT2D eigenvalue weighted by molar-refractivity contribution is 0.436. The molecule has 0 fully saturated rings. The molecule has 0 radical (unpaired) electrons. The highest BCUT2D eigenvalue weighted by atomic mass is 32.1. The maximum atomic E-state index is 5.46. The Bertz CT molecular complexity index is 1130. The van der Waals surface area contributed by atoms with Crippen LogP contribution in [0.1, 0.15) is 36.6 Å². The third-order valence-electron chi connectivity index (χ3n) is 4.54. The first-order valence-electron chi connectivity index (χ1n) is 8.60. The van der Waals surface area contributed by atoms with Gasteiger partial charge in [0.05, 0.1) is 22.3 Å². The van der Waals surface area contributed by atoms with E-state index in [0.717, 1.165) is 39.2 Å². The van der Waals surface area contributed by atoms with Gasteiger partial charge in [-0.25, -0.2) is 9.97 Å². The molecule has 3 aromatic heterocycles. The lowest BCUT2D eigenvalue weighted by Gasteiger charge is -2.11. The number of thiazole rings is 1. The third kappa shape index (κ3) is 3.19. The summed E-state index contributed by atoms with van der Waals surface area (Å²) in [4.78, 5) is 13.2. The van der Waals surface area contributed by atoms with Crippen LogP contribution in [0.3, 0.4) is 0 Å². The number of hydrogen-bond acceptors (Lipinski definition) is 6. The fourth-order valence-electron chi connectivity index (χ4n) is 3.08. The van der Waals surface area contributed by atoms with Crippen LogP contribution in [0.2, 0.25) is 0 Å². The fourth-order valence-corrected chi connectivity index (χ4v) is 3.64. The van der Waals surface area contributed by atoms with Gasteiger partial charge >= 0.3 is 0 Å². The Balaban J connectivity index is 1.77. The van der Waals surface area contributed by atoms with Crippen molar-refractivity contribution in [1.82, 2.24) is 15.1 Å². The van der Waals surface area contributed by atoms with Gasteiger partial charge in [0.1, 0.15) is 5.69 Å². The molecule has 0 N–H and O–H groups in total. The lowest BCUT2D eigenvalue weighted by atomic mass is 9.93. The monoisotopic (exact) mass is 374 g/mol. The van der Waals surface area contributed by atoms with E-state index < -0.39 is 0 Å². The van der Waals surface area contributed by atoms with Gasteiger partial charge in [-0.2, -0.15) is 0 Å². The van der Waals surface area contributed by atoms with E-state index in [4.69, 9.17) is 4.52 Å². The molecule has 1 atom stereocenters. The van der Waals surface area contributed by atoms with Crippen LogP contribution in [0.15, 0.2) is 57.4 Å². The maximum Gasteiger partial charge on any atom is 0.257 e. The Labute approximate surface area is 161 Å². The SMILES string of the molecule is C=Cc1cc([C@H](C)c2noc3ncc(-c4cscn4)cc23)ccc1/N=C\C. The second-order valence-corrected chi connectivity index (χ2v) is 6.87. The van der Waals surface area contributed by atoms with Crippen LogP contribution in [0.5, 0.6) is 0 Å². The number of pyridine rings is 1. The van der Waals surface area contributed by atoms with Crippen LogP contribution < -0.4 is 0 Å². The Hall–Kier alpha value is -3.12. The highest BCUT2D eigenvalue weighted by Crippen LogP contribution is 2.33. The van der Waals surface area contributed by atoms with Crippen molar-refractivity contribution in [2.24, 2.45) is 4.99 Å². The van der Waals surface area contributed by atoms with Crippen LogP contribution in [0, 0.1) is 0 Å². The number of benzene rings is 1. The molecule has 0 aliphatic carbocycles. The molecule has 0 saturated heterocycles. The molecule has 0 aliphatic heterocycles. The molecule has 0 unspecified atom stereocenters. The highest BCUT2D eigenvalue weighted by molar-refractivity contribution is 7.07. The van der Waals surface area contributed by atoms with Crippen LogP contribution in [-0.4, -0.2) is 21.3 Å². The lowest BCUT2D eigenvalue weighted by Crippen LogP contribution is -1.98. The van der Waals surface area contributed by atoms with Crippen LogP contribution in [0.4, 0.5) is 5.69 Å². The van der Waals surface area contributed by atoms with E-state index in [1.54, 1.807) is 23.7 Å².